The minimum atomic E-state index is -0.467. The third kappa shape index (κ3) is 5.32. The van der Waals surface area contributed by atoms with Crippen LogP contribution in [-0.2, 0) is 11.3 Å². The lowest BCUT2D eigenvalue weighted by atomic mass is 10.0. The molecule has 1 N–H and O–H groups in total. The molecular formula is C25H23N3O4S2. The molecule has 0 fully saturated rings. The molecule has 0 aliphatic carbocycles. The van der Waals surface area contributed by atoms with Gasteiger partial charge in [-0.25, -0.2) is 4.79 Å². The van der Waals surface area contributed by atoms with Crippen molar-refractivity contribution in [3.63, 3.8) is 0 Å². The summed E-state index contributed by atoms with van der Waals surface area (Å²) in [7, 11) is 0. The number of anilines is 1. The molecule has 0 radical (unpaired) electrons. The quantitative estimate of drug-likeness (QED) is 0.308. The summed E-state index contributed by atoms with van der Waals surface area (Å²) in [5, 5.41) is 5.18. The molecule has 0 aliphatic heterocycles. The number of benzene rings is 2. The van der Waals surface area contributed by atoms with Gasteiger partial charge in [-0.1, -0.05) is 29.8 Å². The van der Waals surface area contributed by atoms with E-state index in [-0.39, 0.29) is 12.5 Å². The monoisotopic (exact) mass is 493 g/mol. The number of ether oxygens (including phenoxy) is 2. The Morgan fingerprint density at radius 1 is 1.00 bits per heavy atom. The summed E-state index contributed by atoms with van der Waals surface area (Å²) in [6.07, 6.45) is 0. The zero-order valence-electron chi connectivity index (χ0n) is 19.0. The molecule has 0 saturated heterocycles. The van der Waals surface area contributed by atoms with Crippen molar-refractivity contribution in [3.05, 3.63) is 82.0 Å². The van der Waals surface area contributed by atoms with E-state index in [0.717, 1.165) is 39.8 Å². The number of esters is 1. The number of amides is 1. The normalized spacial score (nSPS) is 10.7. The summed E-state index contributed by atoms with van der Waals surface area (Å²) >= 11 is 2.44. The van der Waals surface area contributed by atoms with Gasteiger partial charge in [0.1, 0.15) is 28.6 Å². The minimum Gasteiger partial charge on any atom is -0.487 e. The number of nitrogens with zero attached hydrogens (tertiary/aromatic N) is 2. The van der Waals surface area contributed by atoms with Crippen LogP contribution in [0.4, 0.5) is 5.00 Å². The molecule has 9 heteroatoms. The Hall–Kier alpha value is -3.56. The fraction of sp³-hybridized carbons (Fsp3) is 0.200. The standard InChI is InChI=1S/C25H23N3O4S2/c1-4-31-25(30)22-20(17-7-5-15(2)6-8-17)14-33-24(22)26-23(29)18-9-11-19(12-10-18)32-13-21-16(3)27-34-28-21/h5-12,14H,4,13H2,1-3H3,(H,26,29). The van der Waals surface area contributed by atoms with E-state index in [1.54, 1.807) is 31.2 Å². The van der Waals surface area contributed by atoms with E-state index in [4.69, 9.17) is 9.47 Å². The van der Waals surface area contributed by atoms with Gasteiger partial charge in [0.05, 0.1) is 24.0 Å². The molecule has 7 nitrogen and oxygen atoms in total. The molecule has 2 heterocycles. The van der Waals surface area contributed by atoms with Crippen LogP contribution in [0.15, 0.2) is 53.9 Å². The van der Waals surface area contributed by atoms with Crippen LogP contribution in [0.2, 0.25) is 0 Å². The highest BCUT2D eigenvalue weighted by Crippen LogP contribution is 2.36. The Labute approximate surface area is 205 Å². The van der Waals surface area contributed by atoms with Gasteiger partial charge in [-0.3, -0.25) is 4.79 Å². The van der Waals surface area contributed by atoms with Crippen molar-refractivity contribution in [3.8, 4) is 16.9 Å². The lowest BCUT2D eigenvalue weighted by molar-refractivity contribution is 0.0529. The van der Waals surface area contributed by atoms with Crippen molar-refractivity contribution in [2.45, 2.75) is 27.4 Å². The van der Waals surface area contributed by atoms with E-state index in [9.17, 15) is 9.59 Å². The molecule has 0 spiro atoms. The second kappa shape index (κ2) is 10.6. The maximum Gasteiger partial charge on any atom is 0.341 e. The summed E-state index contributed by atoms with van der Waals surface area (Å²) in [6.45, 7) is 6.20. The van der Waals surface area contributed by atoms with Crippen molar-refractivity contribution in [1.82, 2.24) is 8.75 Å². The van der Waals surface area contributed by atoms with Crippen LogP contribution in [0, 0.1) is 13.8 Å². The van der Waals surface area contributed by atoms with E-state index in [0.29, 0.717) is 28.5 Å². The van der Waals surface area contributed by atoms with Gasteiger partial charge < -0.3 is 14.8 Å². The maximum absolute atomic E-state index is 12.9. The average molecular weight is 494 g/mol. The van der Waals surface area contributed by atoms with Crippen LogP contribution >= 0.6 is 23.1 Å². The predicted octanol–water partition coefficient (Wildman–Crippen LogP) is 5.89. The molecule has 34 heavy (non-hydrogen) atoms. The Balaban J connectivity index is 1.51. The topological polar surface area (TPSA) is 90.4 Å². The first-order valence-electron chi connectivity index (χ1n) is 10.6. The highest BCUT2D eigenvalue weighted by atomic mass is 32.1. The van der Waals surface area contributed by atoms with Crippen LogP contribution < -0.4 is 10.1 Å². The number of hydrogen-bond acceptors (Lipinski definition) is 8. The Bertz CT molecular complexity index is 1290. The van der Waals surface area contributed by atoms with Gasteiger partial charge in [-0.2, -0.15) is 8.75 Å². The van der Waals surface area contributed by atoms with Gasteiger partial charge in [0.25, 0.3) is 5.91 Å². The lowest BCUT2D eigenvalue weighted by Gasteiger charge is -2.10. The van der Waals surface area contributed by atoms with Gasteiger partial charge in [0, 0.05) is 16.5 Å². The van der Waals surface area contributed by atoms with Gasteiger partial charge >= 0.3 is 5.97 Å². The maximum atomic E-state index is 12.9. The molecule has 0 aliphatic rings. The van der Waals surface area contributed by atoms with Crippen molar-refractivity contribution in [2.24, 2.45) is 0 Å². The molecule has 2 aromatic carbocycles. The molecule has 0 atom stereocenters. The van der Waals surface area contributed by atoms with Crippen molar-refractivity contribution in [1.29, 1.82) is 0 Å². The fourth-order valence-electron chi connectivity index (χ4n) is 3.21. The zero-order chi connectivity index (χ0) is 24.1. The lowest BCUT2D eigenvalue weighted by Crippen LogP contribution is -2.14. The first-order valence-corrected chi connectivity index (χ1v) is 12.2. The zero-order valence-corrected chi connectivity index (χ0v) is 20.6. The Morgan fingerprint density at radius 3 is 2.38 bits per heavy atom. The molecule has 174 valence electrons. The number of thiophene rings is 1. The van der Waals surface area contributed by atoms with Crippen LogP contribution in [0.3, 0.4) is 0 Å². The smallest absolute Gasteiger partial charge is 0.341 e. The number of carbonyl (C=O) groups is 2. The third-order valence-corrected chi connectivity index (χ3v) is 6.65. The summed E-state index contributed by atoms with van der Waals surface area (Å²) in [5.74, 6) is -0.173. The van der Waals surface area contributed by atoms with Crippen molar-refractivity contribution >= 4 is 39.9 Å². The van der Waals surface area contributed by atoms with E-state index in [1.807, 2.05) is 43.5 Å². The van der Waals surface area contributed by atoms with E-state index >= 15 is 0 Å². The summed E-state index contributed by atoms with van der Waals surface area (Å²) in [4.78, 5) is 25.7. The Morgan fingerprint density at radius 2 is 1.74 bits per heavy atom. The highest BCUT2D eigenvalue weighted by molar-refractivity contribution is 7.15. The molecule has 0 saturated carbocycles. The van der Waals surface area contributed by atoms with E-state index < -0.39 is 5.97 Å². The molecule has 4 rings (SSSR count). The third-order valence-electron chi connectivity index (χ3n) is 5.10. The minimum absolute atomic E-state index is 0.243. The number of hydrogen-bond donors (Lipinski definition) is 1. The largest absolute Gasteiger partial charge is 0.487 e. The number of nitrogens with one attached hydrogen (secondary N) is 1. The van der Waals surface area contributed by atoms with E-state index in [2.05, 4.69) is 14.1 Å². The SMILES string of the molecule is CCOC(=O)c1c(-c2ccc(C)cc2)csc1NC(=O)c1ccc(OCc2nsnc2C)cc1. The van der Waals surface area contributed by atoms with Crippen LogP contribution in [-0.4, -0.2) is 27.2 Å². The first-order chi connectivity index (χ1) is 16.5. The molecular weight excluding hydrogens is 470 g/mol. The molecule has 2 aromatic heterocycles. The first kappa shape index (κ1) is 23.6. The number of rotatable bonds is 8. The average Bonchev–Trinajstić information content (AvgIpc) is 3.44. The van der Waals surface area contributed by atoms with Gasteiger partial charge in [-0.15, -0.1) is 11.3 Å². The van der Waals surface area contributed by atoms with Crippen molar-refractivity contribution < 1.29 is 19.1 Å². The summed E-state index contributed by atoms with van der Waals surface area (Å²) < 4.78 is 19.3. The number of aromatic nitrogens is 2. The predicted molar refractivity (Wildman–Crippen MR) is 134 cm³/mol. The van der Waals surface area contributed by atoms with Crippen LogP contribution in [0.5, 0.6) is 5.75 Å². The number of carbonyl (C=O) groups excluding carboxylic acids is 2. The van der Waals surface area contributed by atoms with E-state index in [1.165, 1.54) is 11.3 Å². The van der Waals surface area contributed by atoms with Crippen molar-refractivity contribution in [2.75, 3.05) is 11.9 Å². The summed E-state index contributed by atoms with van der Waals surface area (Å²) in [6, 6.07) is 14.7. The molecule has 0 unspecified atom stereocenters. The van der Waals surface area contributed by atoms with Gasteiger partial charge in [0.2, 0.25) is 0 Å². The fourth-order valence-corrected chi connectivity index (χ4v) is 4.72. The van der Waals surface area contributed by atoms with Crippen LogP contribution in [0.25, 0.3) is 11.1 Å². The molecule has 1 amide bonds. The highest BCUT2D eigenvalue weighted by Gasteiger charge is 2.23. The van der Waals surface area contributed by atoms with Gasteiger partial charge in [0.15, 0.2) is 0 Å². The summed E-state index contributed by atoms with van der Waals surface area (Å²) in [5.41, 5.74) is 5.18. The Kier molecular flexibility index (Phi) is 7.34. The second-order valence-electron chi connectivity index (χ2n) is 7.50. The molecule has 4 aromatic rings. The van der Waals surface area contributed by atoms with Crippen LogP contribution in [0.1, 0.15) is 44.6 Å². The number of aryl methyl sites for hydroxylation is 2. The molecule has 0 bridgehead atoms. The van der Waals surface area contributed by atoms with Gasteiger partial charge in [-0.05, 0) is 50.6 Å². The second-order valence-corrected chi connectivity index (χ2v) is 8.91.